The zero-order valence-electron chi connectivity index (χ0n) is 7.51. The molecule has 0 aliphatic carbocycles. The molecule has 0 spiro atoms. The van der Waals surface area contributed by atoms with Gasteiger partial charge in [0.05, 0.1) is 0 Å². The molecule has 0 fully saturated rings. The summed E-state index contributed by atoms with van der Waals surface area (Å²) in [5.74, 6) is 0.697. The molecule has 1 aromatic rings. The van der Waals surface area contributed by atoms with Gasteiger partial charge in [0.1, 0.15) is 5.82 Å². The fourth-order valence-corrected chi connectivity index (χ4v) is 1.32. The first-order chi connectivity index (χ1) is 6.22. The van der Waals surface area contributed by atoms with E-state index in [4.69, 9.17) is 5.73 Å². The smallest absolute Gasteiger partial charge is 0.127 e. The molecule has 13 heavy (non-hydrogen) atoms. The van der Waals surface area contributed by atoms with Crippen molar-refractivity contribution in [1.82, 2.24) is 0 Å². The second-order valence-corrected chi connectivity index (χ2v) is 3.68. The Bertz CT molecular complexity index is 258. The summed E-state index contributed by atoms with van der Waals surface area (Å²) in [6, 6.07) is 4.47. The molecule has 0 radical (unpaired) electrons. The van der Waals surface area contributed by atoms with E-state index in [0.717, 1.165) is 18.0 Å². The molecule has 0 aliphatic heterocycles. The van der Waals surface area contributed by atoms with Gasteiger partial charge in [-0.25, -0.2) is 4.39 Å². The Hall–Kier alpha value is -0.900. The van der Waals surface area contributed by atoms with Gasteiger partial charge in [-0.1, -0.05) is 0 Å². The highest BCUT2D eigenvalue weighted by atomic mass is 32.2. The van der Waals surface area contributed by atoms with E-state index in [2.05, 4.69) is 5.32 Å². The quantitative estimate of drug-likeness (QED) is 0.578. The Morgan fingerprint density at radius 2 is 2.23 bits per heavy atom. The van der Waals surface area contributed by atoms with Gasteiger partial charge in [0.25, 0.3) is 0 Å². The average Bonchev–Trinajstić information content (AvgIpc) is 2.03. The van der Waals surface area contributed by atoms with Crippen LogP contribution in [0.4, 0.5) is 15.8 Å². The van der Waals surface area contributed by atoms with E-state index in [1.54, 1.807) is 17.8 Å². The summed E-state index contributed by atoms with van der Waals surface area (Å²) in [4.78, 5) is 0. The number of rotatable bonds is 4. The van der Waals surface area contributed by atoms with Crippen LogP contribution in [0.3, 0.4) is 0 Å². The second kappa shape index (κ2) is 4.97. The fraction of sp³-hybridized carbons (Fsp3) is 0.333. The van der Waals surface area contributed by atoms with Gasteiger partial charge in [0.2, 0.25) is 0 Å². The van der Waals surface area contributed by atoms with Crippen LogP contribution in [0.15, 0.2) is 18.2 Å². The molecule has 2 nitrogen and oxygen atoms in total. The number of hydrogen-bond donors (Lipinski definition) is 2. The second-order valence-electron chi connectivity index (χ2n) is 2.69. The van der Waals surface area contributed by atoms with Crippen LogP contribution in [0, 0.1) is 5.82 Å². The van der Waals surface area contributed by atoms with Crippen LogP contribution in [-0.4, -0.2) is 18.6 Å². The van der Waals surface area contributed by atoms with Crippen LogP contribution >= 0.6 is 11.8 Å². The van der Waals surface area contributed by atoms with Crippen molar-refractivity contribution < 1.29 is 4.39 Å². The van der Waals surface area contributed by atoms with Crippen molar-refractivity contribution in [3.8, 4) is 0 Å². The lowest BCUT2D eigenvalue weighted by Crippen LogP contribution is -2.04. The largest absolute Gasteiger partial charge is 0.399 e. The van der Waals surface area contributed by atoms with Crippen molar-refractivity contribution in [2.45, 2.75) is 0 Å². The Labute approximate surface area is 81.7 Å². The molecule has 0 saturated carbocycles. The molecule has 4 heteroatoms. The number of hydrogen-bond acceptors (Lipinski definition) is 3. The van der Waals surface area contributed by atoms with Crippen molar-refractivity contribution in [3.63, 3.8) is 0 Å². The van der Waals surface area contributed by atoms with Crippen LogP contribution in [0.2, 0.25) is 0 Å². The highest BCUT2D eigenvalue weighted by Crippen LogP contribution is 2.15. The van der Waals surface area contributed by atoms with Gasteiger partial charge >= 0.3 is 0 Å². The summed E-state index contributed by atoms with van der Waals surface area (Å²) >= 11 is 1.74. The van der Waals surface area contributed by atoms with E-state index in [1.807, 2.05) is 6.26 Å². The first-order valence-electron chi connectivity index (χ1n) is 4.01. The van der Waals surface area contributed by atoms with Crippen molar-refractivity contribution in [2.75, 3.05) is 29.6 Å². The predicted octanol–water partition coefficient (Wildman–Crippen LogP) is 2.18. The number of benzene rings is 1. The van der Waals surface area contributed by atoms with Gasteiger partial charge in [-0.15, -0.1) is 0 Å². The molecule has 0 aromatic heterocycles. The summed E-state index contributed by atoms with van der Waals surface area (Å²) in [6.07, 6.45) is 2.03. The molecule has 1 rings (SSSR count). The minimum absolute atomic E-state index is 0.299. The summed E-state index contributed by atoms with van der Waals surface area (Å²) in [5.41, 5.74) is 6.67. The first-order valence-corrected chi connectivity index (χ1v) is 5.40. The number of nitrogens with two attached hydrogens (primary N) is 1. The van der Waals surface area contributed by atoms with Crippen LogP contribution < -0.4 is 11.1 Å². The minimum Gasteiger partial charge on any atom is -0.399 e. The van der Waals surface area contributed by atoms with Gasteiger partial charge in [-0.3, -0.25) is 0 Å². The van der Waals surface area contributed by atoms with Gasteiger partial charge in [-0.2, -0.15) is 11.8 Å². The molecule has 72 valence electrons. The lowest BCUT2D eigenvalue weighted by molar-refractivity contribution is 0.629. The normalized spacial score (nSPS) is 10.0. The molecule has 0 bridgehead atoms. The topological polar surface area (TPSA) is 38.0 Å². The maximum atomic E-state index is 12.8. The maximum absolute atomic E-state index is 12.8. The van der Waals surface area contributed by atoms with Crippen LogP contribution in [0.25, 0.3) is 0 Å². The number of thioether (sulfide) groups is 1. The molecule has 0 amide bonds. The Kier molecular flexibility index (Phi) is 3.89. The summed E-state index contributed by atoms with van der Waals surface area (Å²) < 4.78 is 12.8. The number of nitrogen functional groups attached to an aromatic ring is 1. The first kappa shape index (κ1) is 10.2. The van der Waals surface area contributed by atoms with E-state index >= 15 is 0 Å². The monoisotopic (exact) mass is 200 g/mol. The van der Waals surface area contributed by atoms with Gasteiger partial charge in [0.15, 0.2) is 0 Å². The Balaban J connectivity index is 2.56. The number of nitrogens with one attached hydrogen (secondary N) is 1. The summed E-state index contributed by atoms with van der Waals surface area (Å²) in [6.45, 7) is 0.823. The van der Waals surface area contributed by atoms with Gasteiger partial charge in [0, 0.05) is 23.7 Å². The van der Waals surface area contributed by atoms with Crippen LogP contribution in [-0.2, 0) is 0 Å². The van der Waals surface area contributed by atoms with Crippen LogP contribution in [0.5, 0.6) is 0 Å². The zero-order valence-corrected chi connectivity index (χ0v) is 8.33. The van der Waals surface area contributed by atoms with Gasteiger partial charge < -0.3 is 11.1 Å². The van der Waals surface area contributed by atoms with Crippen molar-refractivity contribution >= 4 is 23.1 Å². The summed E-state index contributed by atoms with van der Waals surface area (Å²) in [7, 11) is 0. The molecule has 0 aliphatic rings. The Morgan fingerprint density at radius 1 is 1.46 bits per heavy atom. The molecular weight excluding hydrogens is 187 g/mol. The Morgan fingerprint density at radius 3 is 2.85 bits per heavy atom. The average molecular weight is 200 g/mol. The third-order valence-electron chi connectivity index (χ3n) is 1.56. The van der Waals surface area contributed by atoms with Crippen molar-refractivity contribution in [1.29, 1.82) is 0 Å². The summed E-state index contributed by atoms with van der Waals surface area (Å²) in [5, 5.41) is 3.09. The molecule has 0 heterocycles. The lowest BCUT2D eigenvalue weighted by Gasteiger charge is -2.05. The highest BCUT2D eigenvalue weighted by Gasteiger charge is 1.96. The minimum atomic E-state index is -0.299. The predicted molar refractivity (Wildman–Crippen MR) is 57.7 cm³/mol. The maximum Gasteiger partial charge on any atom is 0.127 e. The standard InChI is InChI=1S/C9H13FN2S/c1-13-3-2-12-9-5-7(10)4-8(11)6-9/h4-6,12H,2-3,11H2,1H3. The molecule has 0 saturated heterocycles. The third kappa shape index (κ3) is 3.55. The van der Waals surface area contributed by atoms with Crippen LogP contribution in [0.1, 0.15) is 0 Å². The highest BCUT2D eigenvalue weighted by molar-refractivity contribution is 7.98. The van der Waals surface area contributed by atoms with E-state index < -0.39 is 0 Å². The lowest BCUT2D eigenvalue weighted by atomic mass is 10.2. The van der Waals surface area contributed by atoms with E-state index in [1.165, 1.54) is 12.1 Å². The SMILES string of the molecule is CSCCNc1cc(N)cc(F)c1. The molecule has 0 unspecified atom stereocenters. The third-order valence-corrected chi connectivity index (χ3v) is 2.17. The van der Waals surface area contributed by atoms with Crippen molar-refractivity contribution in [2.24, 2.45) is 0 Å². The zero-order chi connectivity index (χ0) is 9.68. The van der Waals surface area contributed by atoms with Crippen molar-refractivity contribution in [3.05, 3.63) is 24.0 Å². The van der Waals surface area contributed by atoms with Gasteiger partial charge in [-0.05, 0) is 24.5 Å². The molecule has 1 aromatic carbocycles. The van der Waals surface area contributed by atoms with E-state index in [-0.39, 0.29) is 5.82 Å². The number of halogens is 1. The number of anilines is 2. The molecule has 0 atom stereocenters. The molecular formula is C9H13FN2S. The van der Waals surface area contributed by atoms with E-state index in [0.29, 0.717) is 5.69 Å². The molecule has 3 N–H and O–H groups in total. The fourth-order valence-electron chi connectivity index (χ4n) is 1.01. The van der Waals surface area contributed by atoms with E-state index in [9.17, 15) is 4.39 Å².